The van der Waals surface area contributed by atoms with Crippen molar-refractivity contribution in [1.29, 1.82) is 0 Å². The highest BCUT2D eigenvalue weighted by atomic mass is 35.5. The average molecular weight is 396 g/mol. The second-order valence-corrected chi connectivity index (χ2v) is 7.30. The quantitative estimate of drug-likeness (QED) is 0.789. The highest BCUT2D eigenvalue weighted by molar-refractivity contribution is 7.10. The van der Waals surface area contributed by atoms with E-state index in [2.05, 4.69) is 34.7 Å². The summed E-state index contributed by atoms with van der Waals surface area (Å²) in [6, 6.07) is 11.8. The van der Waals surface area contributed by atoms with Gasteiger partial charge in [-0.1, -0.05) is 18.2 Å². The Morgan fingerprint density at radius 1 is 1.38 bits per heavy atom. The maximum absolute atomic E-state index is 12.5. The molecule has 0 radical (unpaired) electrons. The van der Waals surface area contributed by atoms with Crippen molar-refractivity contribution in [3.8, 4) is 0 Å². The van der Waals surface area contributed by atoms with Gasteiger partial charge < -0.3 is 15.8 Å². The Hall–Kier alpha value is -1.44. The van der Waals surface area contributed by atoms with Gasteiger partial charge in [-0.15, -0.1) is 23.7 Å². The van der Waals surface area contributed by atoms with Crippen molar-refractivity contribution >= 4 is 29.7 Å². The van der Waals surface area contributed by atoms with Crippen molar-refractivity contribution in [3.63, 3.8) is 0 Å². The van der Waals surface area contributed by atoms with Crippen molar-refractivity contribution in [3.05, 3.63) is 57.8 Å². The van der Waals surface area contributed by atoms with Crippen molar-refractivity contribution in [2.24, 2.45) is 5.73 Å². The van der Waals surface area contributed by atoms with E-state index in [1.54, 1.807) is 11.3 Å². The Labute approximate surface area is 164 Å². The third kappa shape index (κ3) is 5.28. The molecule has 3 N–H and O–H groups in total. The van der Waals surface area contributed by atoms with E-state index in [1.165, 1.54) is 4.88 Å². The fraction of sp³-hybridized carbons (Fsp3) is 0.421. The first kappa shape index (κ1) is 20.9. The van der Waals surface area contributed by atoms with Crippen LogP contribution in [0.4, 0.5) is 0 Å². The Balaban J connectivity index is 0.00000243. The van der Waals surface area contributed by atoms with E-state index in [4.69, 9.17) is 10.5 Å². The predicted molar refractivity (Wildman–Crippen MR) is 108 cm³/mol. The molecule has 1 aliphatic rings. The van der Waals surface area contributed by atoms with Crippen LogP contribution in [0.15, 0.2) is 41.8 Å². The van der Waals surface area contributed by atoms with Crippen molar-refractivity contribution in [2.45, 2.75) is 25.6 Å². The lowest BCUT2D eigenvalue weighted by Crippen LogP contribution is -2.46. The zero-order valence-electron chi connectivity index (χ0n) is 14.9. The summed E-state index contributed by atoms with van der Waals surface area (Å²) in [5.74, 6) is -0.0496. The number of carbonyl (C=O) groups is 1. The van der Waals surface area contributed by atoms with Crippen LogP contribution in [0.1, 0.15) is 33.8 Å². The van der Waals surface area contributed by atoms with Crippen molar-refractivity contribution < 1.29 is 9.53 Å². The maximum atomic E-state index is 12.5. The summed E-state index contributed by atoms with van der Waals surface area (Å²) in [5, 5.41) is 5.17. The molecule has 1 aromatic carbocycles. The molecule has 2 heterocycles. The lowest BCUT2D eigenvalue weighted by molar-refractivity contribution is -0.0336. The van der Waals surface area contributed by atoms with Crippen LogP contribution < -0.4 is 11.1 Å². The number of benzene rings is 1. The minimum Gasteiger partial charge on any atom is -0.376 e. The molecule has 0 spiro atoms. The molecule has 2 atom stereocenters. The molecular formula is C19H26ClN3O2S. The number of nitrogens with zero attached hydrogens (tertiary/aromatic N) is 1. The van der Waals surface area contributed by atoms with Gasteiger partial charge in [0.2, 0.25) is 0 Å². The van der Waals surface area contributed by atoms with Crippen molar-refractivity contribution in [2.75, 3.05) is 26.2 Å². The van der Waals surface area contributed by atoms with Crippen LogP contribution in [0.25, 0.3) is 0 Å². The van der Waals surface area contributed by atoms with Gasteiger partial charge in [0.25, 0.3) is 5.91 Å². The first-order valence-corrected chi connectivity index (χ1v) is 9.51. The Morgan fingerprint density at radius 3 is 2.77 bits per heavy atom. The Kier molecular flexibility index (Phi) is 8.06. The molecule has 1 saturated heterocycles. The van der Waals surface area contributed by atoms with E-state index < -0.39 is 0 Å². The summed E-state index contributed by atoms with van der Waals surface area (Å²) in [6.07, 6.45) is 0.218. The lowest BCUT2D eigenvalue weighted by atomic mass is 10.1. The third-order valence-corrected chi connectivity index (χ3v) is 5.47. The van der Waals surface area contributed by atoms with Gasteiger partial charge in [-0.05, 0) is 36.1 Å². The fourth-order valence-corrected chi connectivity index (χ4v) is 3.96. The second kappa shape index (κ2) is 10.0. The number of halogens is 1. The van der Waals surface area contributed by atoms with Gasteiger partial charge >= 0.3 is 0 Å². The van der Waals surface area contributed by atoms with Crippen LogP contribution in [0, 0.1) is 0 Å². The number of nitrogens with two attached hydrogens (primary N) is 1. The van der Waals surface area contributed by atoms with Gasteiger partial charge in [-0.2, -0.15) is 0 Å². The lowest BCUT2D eigenvalue weighted by Gasteiger charge is -2.37. The highest BCUT2D eigenvalue weighted by Crippen LogP contribution is 2.26. The molecule has 142 valence electrons. The third-order valence-electron chi connectivity index (χ3n) is 4.49. The summed E-state index contributed by atoms with van der Waals surface area (Å²) >= 11 is 1.73. The molecule has 7 heteroatoms. The smallest absolute Gasteiger partial charge is 0.251 e. The summed E-state index contributed by atoms with van der Waals surface area (Å²) in [7, 11) is 0. The number of hydrogen-bond donors (Lipinski definition) is 2. The number of amides is 1. The molecule has 1 amide bonds. The van der Waals surface area contributed by atoms with Gasteiger partial charge in [-0.3, -0.25) is 9.69 Å². The van der Waals surface area contributed by atoms with E-state index in [-0.39, 0.29) is 30.5 Å². The van der Waals surface area contributed by atoms with Crippen LogP contribution in [-0.4, -0.2) is 43.2 Å². The molecule has 1 fully saturated rings. The first-order chi connectivity index (χ1) is 12.2. The minimum atomic E-state index is -0.0496. The number of rotatable bonds is 6. The molecule has 3 rings (SSSR count). The van der Waals surface area contributed by atoms with Gasteiger partial charge in [0.15, 0.2) is 0 Å². The Morgan fingerprint density at radius 2 is 2.15 bits per heavy atom. The van der Waals surface area contributed by atoms with E-state index in [1.807, 2.05) is 24.3 Å². The predicted octanol–water partition coefficient (Wildman–Crippen LogP) is 2.82. The van der Waals surface area contributed by atoms with E-state index >= 15 is 0 Å². The fourth-order valence-electron chi connectivity index (χ4n) is 3.10. The van der Waals surface area contributed by atoms with Crippen LogP contribution in [0.2, 0.25) is 0 Å². The molecule has 1 aliphatic heterocycles. The number of carbonyl (C=O) groups excluding carboxylic acids is 1. The second-order valence-electron chi connectivity index (χ2n) is 6.32. The maximum Gasteiger partial charge on any atom is 0.251 e. The van der Waals surface area contributed by atoms with Gasteiger partial charge in [-0.25, -0.2) is 0 Å². The van der Waals surface area contributed by atoms with E-state index in [9.17, 15) is 4.79 Å². The number of ether oxygens (including phenoxy) is 1. The first-order valence-electron chi connectivity index (χ1n) is 8.63. The zero-order chi connectivity index (χ0) is 17.6. The van der Waals surface area contributed by atoms with Gasteiger partial charge in [0.05, 0.1) is 18.8 Å². The average Bonchev–Trinajstić information content (AvgIpc) is 3.16. The Bertz CT molecular complexity index is 679. The van der Waals surface area contributed by atoms with Crippen LogP contribution >= 0.6 is 23.7 Å². The van der Waals surface area contributed by atoms with Crippen LogP contribution in [-0.2, 0) is 11.3 Å². The molecule has 0 saturated carbocycles. The van der Waals surface area contributed by atoms with Crippen molar-refractivity contribution in [1.82, 2.24) is 10.2 Å². The monoisotopic (exact) mass is 395 g/mol. The molecule has 26 heavy (non-hydrogen) atoms. The molecule has 5 nitrogen and oxygen atoms in total. The zero-order valence-corrected chi connectivity index (χ0v) is 16.5. The molecular weight excluding hydrogens is 370 g/mol. The number of morpholine rings is 1. The summed E-state index contributed by atoms with van der Waals surface area (Å²) in [6.45, 7) is 5.66. The van der Waals surface area contributed by atoms with E-state index in [0.717, 1.165) is 25.3 Å². The summed E-state index contributed by atoms with van der Waals surface area (Å²) in [4.78, 5) is 16.2. The number of nitrogens with one attached hydrogen (secondary N) is 1. The van der Waals surface area contributed by atoms with Gasteiger partial charge in [0, 0.05) is 36.6 Å². The SMILES string of the molecule is CC1CN(C(CNC(=O)c2ccc(CN)cc2)c2cccs2)CCO1.Cl. The minimum absolute atomic E-state index is 0. The highest BCUT2D eigenvalue weighted by Gasteiger charge is 2.26. The van der Waals surface area contributed by atoms with Gasteiger partial charge in [0.1, 0.15) is 0 Å². The number of thiophene rings is 1. The molecule has 0 bridgehead atoms. The normalized spacial score (nSPS) is 18.8. The molecule has 2 aromatic rings. The standard InChI is InChI=1S/C19H25N3O2S.ClH/c1-14-13-22(8-9-24-14)17(18-3-2-10-25-18)12-21-19(23)16-6-4-15(11-20)5-7-16;/h2-7,10,14,17H,8-9,11-13,20H2,1H3,(H,21,23);1H. The van der Waals surface area contributed by atoms with Crippen LogP contribution in [0.3, 0.4) is 0 Å². The molecule has 0 aliphatic carbocycles. The van der Waals surface area contributed by atoms with Crippen LogP contribution in [0.5, 0.6) is 0 Å². The van der Waals surface area contributed by atoms with E-state index in [0.29, 0.717) is 18.7 Å². The number of hydrogen-bond acceptors (Lipinski definition) is 5. The summed E-state index contributed by atoms with van der Waals surface area (Å²) in [5.41, 5.74) is 7.30. The molecule has 1 aromatic heterocycles. The summed E-state index contributed by atoms with van der Waals surface area (Å²) < 4.78 is 5.66. The largest absolute Gasteiger partial charge is 0.376 e. The topological polar surface area (TPSA) is 67.6 Å². The molecule has 2 unspecified atom stereocenters.